The highest BCUT2D eigenvalue weighted by Crippen LogP contribution is 2.08. The van der Waals surface area contributed by atoms with Gasteiger partial charge in [-0.25, -0.2) is 0 Å². The van der Waals surface area contributed by atoms with E-state index in [2.05, 4.69) is 30.1 Å². The third-order valence-corrected chi connectivity index (χ3v) is 2.56. The molecular formula is C11H21N3. The highest BCUT2D eigenvalue weighted by molar-refractivity contribution is 4.83. The van der Waals surface area contributed by atoms with E-state index in [1.54, 1.807) is 0 Å². The summed E-state index contributed by atoms with van der Waals surface area (Å²) in [6.45, 7) is 8.18. The zero-order valence-corrected chi connectivity index (χ0v) is 9.29. The Morgan fingerprint density at radius 3 is 2.86 bits per heavy atom. The maximum Gasteiger partial charge on any atom is 0.0866 e. The number of hydrogen-bond donors (Lipinski definition) is 1. The molecule has 1 aliphatic rings. The van der Waals surface area contributed by atoms with Gasteiger partial charge in [0, 0.05) is 19.1 Å². The maximum absolute atomic E-state index is 8.71. The predicted molar refractivity (Wildman–Crippen MR) is 57.9 cm³/mol. The molecule has 80 valence electrons. The van der Waals surface area contributed by atoms with Crippen LogP contribution in [0.1, 0.15) is 26.7 Å². The van der Waals surface area contributed by atoms with E-state index in [1.807, 2.05) is 0 Å². The molecule has 0 amide bonds. The van der Waals surface area contributed by atoms with E-state index in [9.17, 15) is 0 Å². The van der Waals surface area contributed by atoms with Crippen LogP contribution in [0.2, 0.25) is 0 Å². The molecule has 0 aliphatic carbocycles. The van der Waals surface area contributed by atoms with E-state index >= 15 is 0 Å². The van der Waals surface area contributed by atoms with Crippen molar-refractivity contribution in [3.05, 3.63) is 0 Å². The lowest BCUT2D eigenvalue weighted by atomic mass is 10.1. The summed E-state index contributed by atoms with van der Waals surface area (Å²) in [5.41, 5.74) is 0. The normalized spacial score (nSPS) is 21.8. The largest absolute Gasteiger partial charge is 0.313 e. The molecule has 3 nitrogen and oxygen atoms in total. The van der Waals surface area contributed by atoms with E-state index in [0.29, 0.717) is 18.5 Å². The van der Waals surface area contributed by atoms with Gasteiger partial charge in [-0.05, 0) is 25.3 Å². The van der Waals surface area contributed by atoms with Gasteiger partial charge in [-0.2, -0.15) is 5.26 Å². The summed E-state index contributed by atoms with van der Waals surface area (Å²) in [5.74, 6) is 0.643. The average Bonchev–Trinajstić information content (AvgIpc) is 2.56. The summed E-state index contributed by atoms with van der Waals surface area (Å²) < 4.78 is 0. The Kier molecular flexibility index (Phi) is 4.92. The first-order valence-corrected chi connectivity index (χ1v) is 5.55. The molecule has 0 aromatic carbocycles. The highest BCUT2D eigenvalue weighted by atomic mass is 15.2. The van der Waals surface area contributed by atoms with Gasteiger partial charge in [-0.3, -0.25) is 4.90 Å². The van der Waals surface area contributed by atoms with Crippen LogP contribution in [-0.2, 0) is 0 Å². The number of hydrogen-bond acceptors (Lipinski definition) is 3. The molecule has 1 heterocycles. The first-order chi connectivity index (χ1) is 6.72. The number of nitrogens with zero attached hydrogens (tertiary/aromatic N) is 2. The highest BCUT2D eigenvalue weighted by Gasteiger charge is 2.17. The molecule has 0 radical (unpaired) electrons. The first kappa shape index (κ1) is 11.5. The molecule has 3 heteroatoms. The molecule has 1 aliphatic heterocycles. The van der Waals surface area contributed by atoms with Crippen LogP contribution in [0.25, 0.3) is 0 Å². The van der Waals surface area contributed by atoms with Gasteiger partial charge >= 0.3 is 0 Å². The Labute approximate surface area is 87.1 Å². The quantitative estimate of drug-likeness (QED) is 0.670. The van der Waals surface area contributed by atoms with Crippen LogP contribution in [0, 0.1) is 17.2 Å². The fourth-order valence-electron chi connectivity index (χ4n) is 2.04. The summed E-state index contributed by atoms with van der Waals surface area (Å²) in [6, 6.07) is 2.86. The standard InChI is InChI=1S/C11H21N3/c1-10(2)8-14(7-5-12)9-11-4-3-6-13-11/h10-11,13H,3-4,6-9H2,1-2H3. The number of rotatable bonds is 5. The van der Waals surface area contributed by atoms with Gasteiger partial charge in [0.05, 0.1) is 12.6 Å². The van der Waals surface area contributed by atoms with Gasteiger partial charge < -0.3 is 5.32 Å². The van der Waals surface area contributed by atoms with Crippen LogP contribution in [0.4, 0.5) is 0 Å². The number of nitriles is 1. The molecule has 1 N–H and O–H groups in total. The van der Waals surface area contributed by atoms with Crippen LogP contribution >= 0.6 is 0 Å². The summed E-state index contributed by atoms with van der Waals surface area (Å²) in [6.07, 6.45) is 2.55. The summed E-state index contributed by atoms with van der Waals surface area (Å²) >= 11 is 0. The first-order valence-electron chi connectivity index (χ1n) is 5.55. The van der Waals surface area contributed by atoms with Gasteiger partial charge in [-0.15, -0.1) is 0 Å². The van der Waals surface area contributed by atoms with Gasteiger partial charge in [0.1, 0.15) is 0 Å². The minimum atomic E-state index is 0.566. The molecule has 0 aromatic heterocycles. The lowest BCUT2D eigenvalue weighted by Crippen LogP contribution is -2.39. The third kappa shape index (κ3) is 4.08. The molecule has 1 fully saturated rings. The SMILES string of the molecule is CC(C)CN(CC#N)CC1CCCN1. The Morgan fingerprint density at radius 2 is 2.36 bits per heavy atom. The van der Waals surface area contributed by atoms with Crippen LogP contribution in [0.15, 0.2) is 0 Å². The van der Waals surface area contributed by atoms with E-state index < -0.39 is 0 Å². The van der Waals surface area contributed by atoms with Crippen LogP contribution < -0.4 is 5.32 Å². The number of nitrogens with one attached hydrogen (secondary N) is 1. The molecule has 1 unspecified atom stereocenters. The molecule has 0 bridgehead atoms. The van der Waals surface area contributed by atoms with Crippen molar-refractivity contribution in [2.45, 2.75) is 32.7 Å². The van der Waals surface area contributed by atoms with Crippen LogP contribution in [0.3, 0.4) is 0 Å². The molecule has 1 rings (SSSR count). The fourth-order valence-corrected chi connectivity index (χ4v) is 2.04. The smallest absolute Gasteiger partial charge is 0.0866 e. The van der Waals surface area contributed by atoms with Crippen molar-refractivity contribution in [1.29, 1.82) is 5.26 Å². The minimum absolute atomic E-state index is 0.566. The van der Waals surface area contributed by atoms with Crippen molar-refractivity contribution in [2.24, 2.45) is 5.92 Å². The van der Waals surface area contributed by atoms with E-state index in [0.717, 1.165) is 19.6 Å². The Morgan fingerprint density at radius 1 is 1.57 bits per heavy atom. The van der Waals surface area contributed by atoms with E-state index in [4.69, 9.17) is 5.26 Å². The van der Waals surface area contributed by atoms with Gasteiger partial charge in [0.2, 0.25) is 0 Å². The topological polar surface area (TPSA) is 39.1 Å². The maximum atomic E-state index is 8.71. The van der Waals surface area contributed by atoms with Crippen LogP contribution in [-0.4, -0.2) is 37.1 Å². The Balaban J connectivity index is 2.30. The second-order valence-corrected chi connectivity index (χ2v) is 4.54. The lowest BCUT2D eigenvalue weighted by Gasteiger charge is -2.24. The molecule has 0 spiro atoms. The van der Waals surface area contributed by atoms with Gasteiger partial charge in [-0.1, -0.05) is 13.8 Å². The molecular weight excluding hydrogens is 174 g/mol. The van der Waals surface area contributed by atoms with Crippen molar-refractivity contribution in [3.63, 3.8) is 0 Å². The second kappa shape index (κ2) is 6.00. The average molecular weight is 195 g/mol. The molecule has 0 saturated carbocycles. The molecule has 1 atom stereocenters. The van der Waals surface area contributed by atoms with Crippen molar-refractivity contribution < 1.29 is 0 Å². The predicted octanol–water partition coefficient (Wildman–Crippen LogP) is 1.22. The summed E-state index contributed by atoms with van der Waals surface area (Å²) in [5, 5.41) is 12.2. The van der Waals surface area contributed by atoms with Crippen LogP contribution in [0.5, 0.6) is 0 Å². The van der Waals surface area contributed by atoms with Crippen molar-refractivity contribution >= 4 is 0 Å². The van der Waals surface area contributed by atoms with Crippen molar-refractivity contribution in [3.8, 4) is 6.07 Å². The molecule has 14 heavy (non-hydrogen) atoms. The minimum Gasteiger partial charge on any atom is -0.313 e. The molecule has 1 saturated heterocycles. The van der Waals surface area contributed by atoms with Crippen molar-refractivity contribution in [2.75, 3.05) is 26.2 Å². The van der Waals surface area contributed by atoms with E-state index in [-0.39, 0.29) is 0 Å². The Bertz CT molecular complexity index is 189. The third-order valence-electron chi connectivity index (χ3n) is 2.56. The fraction of sp³-hybridized carbons (Fsp3) is 0.909. The monoisotopic (exact) mass is 195 g/mol. The summed E-state index contributed by atoms with van der Waals surface area (Å²) in [7, 11) is 0. The molecule has 0 aromatic rings. The Hall–Kier alpha value is -0.590. The van der Waals surface area contributed by atoms with Crippen molar-refractivity contribution in [1.82, 2.24) is 10.2 Å². The zero-order chi connectivity index (χ0) is 10.4. The van der Waals surface area contributed by atoms with Gasteiger partial charge in [0.25, 0.3) is 0 Å². The van der Waals surface area contributed by atoms with E-state index in [1.165, 1.54) is 12.8 Å². The second-order valence-electron chi connectivity index (χ2n) is 4.54. The zero-order valence-electron chi connectivity index (χ0n) is 9.29. The van der Waals surface area contributed by atoms with Gasteiger partial charge in [0.15, 0.2) is 0 Å². The summed E-state index contributed by atoms with van der Waals surface area (Å²) in [4.78, 5) is 2.26. The lowest BCUT2D eigenvalue weighted by molar-refractivity contribution is 0.248.